The molecule has 0 saturated carbocycles. The molecule has 0 spiro atoms. The molecule has 8 nitrogen and oxygen atoms in total. The fourth-order valence-electron chi connectivity index (χ4n) is 4.93. The summed E-state index contributed by atoms with van der Waals surface area (Å²) in [6.45, 7) is 3.18. The summed E-state index contributed by atoms with van der Waals surface area (Å²) in [6, 6.07) is 13.1. The lowest BCUT2D eigenvalue weighted by Crippen LogP contribution is -3.15. The zero-order valence-electron chi connectivity index (χ0n) is 18.6. The van der Waals surface area contributed by atoms with Crippen molar-refractivity contribution < 1.29 is 27.6 Å². The highest BCUT2D eigenvalue weighted by Crippen LogP contribution is 2.33. The SMILES string of the molecule is O=C(C[NH+]1CCN(S(=O)(=O)c2ccc3c(c2)OCCO3)CC1)N[C@H]1CCCc2ccccc21. The van der Waals surface area contributed by atoms with Gasteiger partial charge in [0, 0.05) is 6.07 Å². The molecule has 1 atom stereocenters. The molecule has 33 heavy (non-hydrogen) atoms. The van der Waals surface area contributed by atoms with Crippen LogP contribution in [0.5, 0.6) is 11.5 Å². The predicted molar refractivity (Wildman–Crippen MR) is 122 cm³/mol. The van der Waals surface area contributed by atoms with Crippen LogP contribution in [0.1, 0.15) is 30.0 Å². The van der Waals surface area contributed by atoms with Crippen LogP contribution in [0, 0.1) is 0 Å². The van der Waals surface area contributed by atoms with E-state index in [1.807, 2.05) is 12.1 Å². The van der Waals surface area contributed by atoms with Crippen molar-refractivity contribution in [3.8, 4) is 11.5 Å². The standard InChI is InChI=1S/C24H29N3O5S/c28-24(25-21-7-3-5-18-4-1-2-6-20(18)21)17-26-10-12-27(13-11-26)33(29,30)19-8-9-22-23(16-19)32-15-14-31-22/h1-2,4,6,8-9,16,21H,3,5,7,10-15,17H2,(H,25,28)/p+1/t21-/m0/s1. The first-order chi connectivity index (χ1) is 16.0. The van der Waals surface area contributed by atoms with Gasteiger partial charge in [0.1, 0.15) is 13.2 Å². The van der Waals surface area contributed by atoms with Gasteiger partial charge in [-0.25, -0.2) is 8.42 Å². The number of quaternary nitrogens is 1. The van der Waals surface area contributed by atoms with Gasteiger partial charge < -0.3 is 19.7 Å². The lowest BCUT2D eigenvalue weighted by molar-refractivity contribution is -0.895. The van der Waals surface area contributed by atoms with Gasteiger partial charge in [-0.1, -0.05) is 24.3 Å². The Balaban J connectivity index is 1.16. The van der Waals surface area contributed by atoms with Crippen LogP contribution in [-0.2, 0) is 21.2 Å². The van der Waals surface area contributed by atoms with E-state index < -0.39 is 10.0 Å². The first-order valence-corrected chi connectivity index (χ1v) is 13.1. The lowest BCUT2D eigenvalue weighted by Gasteiger charge is -2.32. The maximum Gasteiger partial charge on any atom is 0.275 e. The van der Waals surface area contributed by atoms with E-state index in [1.54, 1.807) is 18.2 Å². The molecule has 2 aliphatic heterocycles. The van der Waals surface area contributed by atoms with Crippen molar-refractivity contribution in [2.24, 2.45) is 0 Å². The number of piperazine rings is 1. The third kappa shape index (κ3) is 4.71. The Morgan fingerprint density at radius 3 is 2.64 bits per heavy atom. The van der Waals surface area contributed by atoms with Gasteiger partial charge in [-0.15, -0.1) is 0 Å². The van der Waals surface area contributed by atoms with Crippen molar-refractivity contribution >= 4 is 15.9 Å². The number of hydrogen-bond donors (Lipinski definition) is 2. The molecule has 2 heterocycles. The number of rotatable bonds is 5. The molecule has 1 amide bonds. The van der Waals surface area contributed by atoms with Crippen molar-refractivity contribution in [1.82, 2.24) is 9.62 Å². The Labute approximate surface area is 194 Å². The van der Waals surface area contributed by atoms with Crippen LogP contribution in [0.15, 0.2) is 47.4 Å². The molecule has 0 unspecified atom stereocenters. The number of benzene rings is 2. The average Bonchev–Trinajstić information content (AvgIpc) is 2.84. The summed E-state index contributed by atoms with van der Waals surface area (Å²) < 4.78 is 38.8. The number of carbonyl (C=O) groups excluding carboxylic acids is 1. The summed E-state index contributed by atoms with van der Waals surface area (Å²) >= 11 is 0. The normalized spacial score (nSPS) is 21.3. The highest BCUT2D eigenvalue weighted by Gasteiger charge is 2.32. The summed E-state index contributed by atoms with van der Waals surface area (Å²) in [7, 11) is -3.62. The molecule has 1 aliphatic carbocycles. The Kier molecular flexibility index (Phi) is 6.27. The maximum absolute atomic E-state index is 13.1. The largest absolute Gasteiger partial charge is 0.486 e. The molecule has 9 heteroatoms. The van der Waals surface area contributed by atoms with E-state index in [2.05, 4.69) is 17.4 Å². The molecule has 1 saturated heterocycles. The highest BCUT2D eigenvalue weighted by atomic mass is 32.2. The van der Waals surface area contributed by atoms with Gasteiger partial charge in [-0.3, -0.25) is 4.79 Å². The molecule has 0 radical (unpaired) electrons. The number of ether oxygens (including phenoxy) is 2. The monoisotopic (exact) mass is 472 g/mol. The molecule has 2 aromatic carbocycles. The second-order valence-corrected chi connectivity index (χ2v) is 10.8. The third-order valence-electron chi connectivity index (χ3n) is 6.70. The van der Waals surface area contributed by atoms with E-state index in [-0.39, 0.29) is 16.8 Å². The Bertz CT molecular complexity index is 1130. The summed E-state index contributed by atoms with van der Waals surface area (Å²) in [5.74, 6) is 1.06. The van der Waals surface area contributed by atoms with Gasteiger partial charge >= 0.3 is 0 Å². The molecule has 3 aliphatic rings. The topological polar surface area (TPSA) is 89.4 Å². The number of nitrogens with zero attached hydrogens (tertiary/aromatic N) is 1. The van der Waals surface area contributed by atoms with Crippen molar-refractivity contribution in [3.05, 3.63) is 53.6 Å². The molecule has 0 aromatic heterocycles. The van der Waals surface area contributed by atoms with E-state index in [9.17, 15) is 13.2 Å². The molecule has 2 N–H and O–H groups in total. The van der Waals surface area contributed by atoms with Crippen molar-refractivity contribution in [2.45, 2.75) is 30.2 Å². The molecular formula is C24H30N3O5S+. The summed E-state index contributed by atoms with van der Waals surface area (Å²) in [5.41, 5.74) is 2.54. The molecule has 176 valence electrons. The van der Waals surface area contributed by atoms with Gasteiger partial charge in [-0.2, -0.15) is 4.31 Å². The summed E-state index contributed by atoms with van der Waals surface area (Å²) in [5, 5.41) is 3.20. The van der Waals surface area contributed by atoms with Crippen LogP contribution in [0.4, 0.5) is 0 Å². The number of aryl methyl sites for hydroxylation is 1. The Morgan fingerprint density at radius 2 is 1.82 bits per heavy atom. The quantitative estimate of drug-likeness (QED) is 0.663. The minimum Gasteiger partial charge on any atom is -0.486 e. The van der Waals surface area contributed by atoms with Crippen LogP contribution in [0.3, 0.4) is 0 Å². The van der Waals surface area contributed by atoms with Crippen molar-refractivity contribution in [3.63, 3.8) is 0 Å². The fourth-order valence-corrected chi connectivity index (χ4v) is 6.39. The lowest BCUT2D eigenvalue weighted by atomic mass is 9.88. The van der Waals surface area contributed by atoms with Gasteiger partial charge in [0.2, 0.25) is 10.0 Å². The van der Waals surface area contributed by atoms with E-state index in [4.69, 9.17) is 9.47 Å². The average molecular weight is 473 g/mol. The molecule has 2 aromatic rings. The Hall–Kier alpha value is -2.62. The minimum absolute atomic E-state index is 0.0230. The van der Waals surface area contributed by atoms with Crippen LogP contribution in [0.2, 0.25) is 0 Å². The van der Waals surface area contributed by atoms with Crippen molar-refractivity contribution in [2.75, 3.05) is 45.9 Å². The number of fused-ring (bicyclic) bond motifs is 2. The number of sulfonamides is 1. The van der Waals surface area contributed by atoms with Crippen molar-refractivity contribution in [1.29, 1.82) is 0 Å². The van der Waals surface area contributed by atoms with Gasteiger partial charge in [-0.05, 0) is 42.5 Å². The molecular weight excluding hydrogens is 442 g/mol. The van der Waals surface area contributed by atoms with Gasteiger partial charge in [0.25, 0.3) is 5.91 Å². The van der Waals surface area contributed by atoms with Gasteiger partial charge in [0.05, 0.1) is 37.1 Å². The number of carbonyl (C=O) groups is 1. The predicted octanol–water partition coefficient (Wildman–Crippen LogP) is 0.541. The second kappa shape index (κ2) is 9.32. The zero-order valence-corrected chi connectivity index (χ0v) is 19.4. The zero-order chi connectivity index (χ0) is 22.8. The van der Waals surface area contributed by atoms with E-state index in [1.165, 1.54) is 15.4 Å². The van der Waals surface area contributed by atoms with Crippen LogP contribution >= 0.6 is 0 Å². The number of amides is 1. The fraction of sp³-hybridized carbons (Fsp3) is 0.458. The third-order valence-corrected chi connectivity index (χ3v) is 8.59. The highest BCUT2D eigenvalue weighted by molar-refractivity contribution is 7.89. The summed E-state index contributed by atoms with van der Waals surface area (Å²) in [6.07, 6.45) is 3.10. The van der Waals surface area contributed by atoms with E-state index in [0.717, 1.165) is 24.2 Å². The second-order valence-electron chi connectivity index (χ2n) is 8.85. The first kappa shape index (κ1) is 22.2. The minimum atomic E-state index is -3.62. The smallest absolute Gasteiger partial charge is 0.275 e. The first-order valence-electron chi connectivity index (χ1n) is 11.6. The Morgan fingerprint density at radius 1 is 1.06 bits per heavy atom. The number of nitrogens with one attached hydrogen (secondary N) is 2. The van der Waals surface area contributed by atoms with E-state index >= 15 is 0 Å². The maximum atomic E-state index is 13.1. The van der Waals surface area contributed by atoms with Gasteiger partial charge in [0.15, 0.2) is 18.0 Å². The van der Waals surface area contributed by atoms with Crippen LogP contribution in [0.25, 0.3) is 0 Å². The summed E-state index contributed by atoms with van der Waals surface area (Å²) in [4.78, 5) is 14.1. The molecule has 0 bridgehead atoms. The molecule has 1 fully saturated rings. The van der Waals surface area contributed by atoms with Crippen LogP contribution in [-0.4, -0.2) is 64.6 Å². The molecule has 5 rings (SSSR count). The number of hydrogen-bond acceptors (Lipinski definition) is 5. The van der Waals surface area contributed by atoms with E-state index in [0.29, 0.717) is 57.4 Å². The van der Waals surface area contributed by atoms with Crippen LogP contribution < -0.4 is 19.7 Å².